The van der Waals surface area contributed by atoms with E-state index in [2.05, 4.69) is 10.3 Å². The standard InChI is InChI=1S/C25H20N2O4/c28-23(18-3-5-19(6-4-18)25(30)31)20-7-1-17-2-8-21(14-22(17)13-20)24(29)27-15-16-9-11-26-12-10-16/h1-14,23,28H,15H2,(H,27,29)(H,30,31). The highest BCUT2D eigenvalue weighted by atomic mass is 16.4. The average Bonchev–Trinajstić information content (AvgIpc) is 2.82. The lowest BCUT2D eigenvalue weighted by Gasteiger charge is -2.13. The Morgan fingerprint density at radius 1 is 0.806 bits per heavy atom. The topological polar surface area (TPSA) is 99.5 Å². The molecule has 0 bridgehead atoms. The fraction of sp³-hybridized carbons (Fsp3) is 0.0800. The molecule has 3 N–H and O–H groups in total. The molecular formula is C25H20N2O4. The monoisotopic (exact) mass is 412 g/mol. The van der Waals surface area contributed by atoms with Gasteiger partial charge in [0.2, 0.25) is 0 Å². The molecule has 0 aliphatic carbocycles. The maximum atomic E-state index is 12.6. The number of aromatic carboxylic acids is 1. The van der Waals surface area contributed by atoms with Crippen LogP contribution in [0.1, 0.15) is 43.5 Å². The van der Waals surface area contributed by atoms with Gasteiger partial charge in [-0.05, 0) is 69.9 Å². The summed E-state index contributed by atoms with van der Waals surface area (Å²) in [6.07, 6.45) is 2.45. The maximum Gasteiger partial charge on any atom is 0.335 e. The van der Waals surface area contributed by atoms with E-state index in [1.807, 2.05) is 36.4 Å². The van der Waals surface area contributed by atoms with Crippen LogP contribution in [0.2, 0.25) is 0 Å². The highest BCUT2D eigenvalue weighted by Gasteiger charge is 2.13. The Kier molecular flexibility index (Phi) is 5.73. The molecule has 4 aromatic rings. The van der Waals surface area contributed by atoms with E-state index in [1.54, 1.807) is 36.7 Å². The van der Waals surface area contributed by atoms with Gasteiger partial charge in [0.05, 0.1) is 5.56 Å². The molecule has 6 heteroatoms. The number of benzene rings is 3. The Bertz CT molecular complexity index is 1240. The Balaban J connectivity index is 1.55. The molecule has 0 radical (unpaired) electrons. The van der Waals surface area contributed by atoms with E-state index < -0.39 is 12.1 Å². The zero-order valence-corrected chi connectivity index (χ0v) is 16.5. The number of nitrogens with one attached hydrogen (secondary N) is 1. The van der Waals surface area contributed by atoms with Gasteiger partial charge in [-0.15, -0.1) is 0 Å². The minimum atomic E-state index is -1.01. The second kappa shape index (κ2) is 8.77. The zero-order chi connectivity index (χ0) is 21.8. The number of carbonyl (C=O) groups is 2. The Labute approximate surface area is 178 Å². The Hall–Kier alpha value is -4.03. The summed E-state index contributed by atoms with van der Waals surface area (Å²) in [6, 6.07) is 20.8. The van der Waals surface area contributed by atoms with Crippen molar-refractivity contribution >= 4 is 22.6 Å². The fourth-order valence-electron chi connectivity index (χ4n) is 3.36. The first-order chi connectivity index (χ1) is 15.0. The third-order valence-corrected chi connectivity index (χ3v) is 5.12. The van der Waals surface area contributed by atoms with Gasteiger partial charge in [0.25, 0.3) is 5.91 Å². The predicted molar refractivity (Wildman–Crippen MR) is 117 cm³/mol. The first-order valence-electron chi connectivity index (χ1n) is 9.73. The molecule has 4 rings (SSSR count). The summed E-state index contributed by atoms with van der Waals surface area (Å²) in [6.45, 7) is 0.407. The van der Waals surface area contributed by atoms with Crippen molar-refractivity contribution in [3.63, 3.8) is 0 Å². The van der Waals surface area contributed by atoms with Gasteiger partial charge < -0.3 is 15.5 Å². The number of rotatable bonds is 6. The van der Waals surface area contributed by atoms with Crippen LogP contribution in [0.15, 0.2) is 85.2 Å². The number of nitrogens with zero attached hydrogens (tertiary/aromatic N) is 1. The number of carboxylic acids is 1. The molecular weight excluding hydrogens is 392 g/mol. The Morgan fingerprint density at radius 2 is 1.45 bits per heavy atom. The van der Waals surface area contributed by atoms with Crippen LogP contribution in [0.3, 0.4) is 0 Å². The highest BCUT2D eigenvalue weighted by molar-refractivity contribution is 5.98. The third-order valence-electron chi connectivity index (χ3n) is 5.12. The van der Waals surface area contributed by atoms with Crippen LogP contribution in [-0.4, -0.2) is 27.1 Å². The summed E-state index contributed by atoms with van der Waals surface area (Å²) < 4.78 is 0. The van der Waals surface area contributed by atoms with Crippen molar-refractivity contribution in [1.29, 1.82) is 0 Å². The second-order valence-electron chi connectivity index (χ2n) is 7.19. The fourth-order valence-corrected chi connectivity index (χ4v) is 3.36. The van der Waals surface area contributed by atoms with E-state index in [4.69, 9.17) is 5.11 Å². The number of hydrogen-bond acceptors (Lipinski definition) is 4. The first kappa shape index (κ1) is 20.3. The van der Waals surface area contributed by atoms with E-state index in [0.717, 1.165) is 16.3 Å². The average molecular weight is 412 g/mol. The van der Waals surface area contributed by atoms with Crippen molar-refractivity contribution in [1.82, 2.24) is 10.3 Å². The lowest BCUT2D eigenvalue weighted by molar-refractivity contribution is 0.0696. The van der Waals surface area contributed by atoms with Crippen molar-refractivity contribution in [2.75, 3.05) is 0 Å². The normalized spacial score (nSPS) is 11.8. The number of aliphatic hydroxyl groups is 1. The highest BCUT2D eigenvalue weighted by Crippen LogP contribution is 2.26. The smallest absolute Gasteiger partial charge is 0.335 e. The largest absolute Gasteiger partial charge is 0.478 e. The van der Waals surface area contributed by atoms with Crippen LogP contribution in [0, 0.1) is 0 Å². The molecule has 0 saturated carbocycles. The summed E-state index contributed by atoms with van der Waals surface area (Å²) >= 11 is 0. The number of fused-ring (bicyclic) bond motifs is 1. The van der Waals surface area contributed by atoms with E-state index in [-0.39, 0.29) is 11.5 Å². The summed E-state index contributed by atoms with van der Waals surface area (Å²) in [5.41, 5.74) is 2.90. The van der Waals surface area contributed by atoms with Crippen LogP contribution in [0.5, 0.6) is 0 Å². The molecule has 1 heterocycles. The van der Waals surface area contributed by atoms with Gasteiger partial charge in [-0.3, -0.25) is 9.78 Å². The van der Waals surface area contributed by atoms with Gasteiger partial charge in [-0.2, -0.15) is 0 Å². The van der Waals surface area contributed by atoms with Crippen molar-refractivity contribution in [2.45, 2.75) is 12.6 Å². The molecule has 0 saturated heterocycles. The van der Waals surface area contributed by atoms with Crippen LogP contribution in [0.25, 0.3) is 10.8 Å². The molecule has 0 spiro atoms. The van der Waals surface area contributed by atoms with Crippen molar-refractivity contribution in [3.05, 3.63) is 113 Å². The minimum absolute atomic E-state index is 0.164. The predicted octanol–water partition coefficient (Wildman–Crippen LogP) is 3.94. The third kappa shape index (κ3) is 4.60. The zero-order valence-electron chi connectivity index (χ0n) is 16.5. The van der Waals surface area contributed by atoms with Crippen LogP contribution >= 0.6 is 0 Å². The van der Waals surface area contributed by atoms with Crippen LogP contribution < -0.4 is 5.32 Å². The number of aromatic nitrogens is 1. The number of pyridine rings is 1. The molecule has 1 atom stereocenters. The molecule has 6 nitrogen and oxygen atoms in total. The number of aliphatic hydroxyl groups excluding tert-OH is 1. The summed E-state index contributed by atoms with van der Waals surface area (Å²) in [5, 5.41) is 24.4. The van der Waals surface area contributed by atoms with Gasteiger partial charge in [0, 0.05) is 24.5 Å². The molecule has 3 aromatic carbocycles. The van der Waals surface area contributed by atoms with Gasteiger partial charge in [0.1, 0.15) is 6.10 Å². The molecule has 0 aliphatic heterocycles. The SMILES string of the molecule is O=C(O)c1ccc(C(O)c2ccc3ccc(C(=O)NCc4ccncc4)cc3c2)cc1. The molecule has 1 aromatic heterocycles. The minimum Gasteiger partial charge on any atom is -0.478 e. The molecule has 154 valence electrons. The van der Waals surface area contributed by atoms with E-state index >= 15 is 0 Å². The lowest BCUT2D eigenvalue weighted by Crippen LogP contribution is -2.22. The number of carbonyl (C=O) groups excluding carboxylic acids is 1. The summed E-state index contributed by atoms with van der Waals surface area (Å²) in [5.74, 6) is -1.20. The maximum absolute atomic E-state index is 12.6. The van der Waals surface area contributed by atoms with Crippen LogP contribution in [0.4, 0.5) is 0 Å². The van der Waals surface area contributed by atoms with Crippen LogP contribution in [-0.2, 0) is 6.54 Å². The molecule has 0 fully saturated rings. The summed E-state index contributed by atoms with van der Waals surface area (Å²) in [4.78, 5) is 27.5. The number of carboxylic acid groups (broad SMARTS) is 1. The first-order valence-corrected chi connectivity index (χ1v) is 9.73. The molecule has 1 amide bonds. The number of hydrogen-bond donors (Lipinski definition) is 3. The van der Waals surface area contributed by atoms with E-state index in [1.165, 1.54) is 12.1 Å². The van der Waals surface area contributed by atoms with Gasteiger partial charge in [0.15, 0.2) is 0 Å². The molecule has 1 unspecified atom stereocenters. The van der Waals surface area contributed by atoms with Gasteiger partial charge in [-0.1, -0.05) is 30.3 Å². The second-order valence-corrected chi connectivity index (χ2v) is 7.19. The van der Waals surface area contributed by atoms with Gasteiger partial charge >= 0.3 is 5.97 Å². The molecule has 31 heavy (non-hydrogen) atoms. The van der Waals surface area contributed by atoms with Crippen molar-refractivity contribution in [3.8, 4) is 0 Å². The Morgan fingerprint density at radius 3 is 2.16 bits per heavy atom. The lowest BCUT2D eigenvalue weighted by atomic mass is 9.97. The van der Waals surface area contributed by atoms with E-state index in [9.17, 15) is 14.7 Å². The van der Waals surface area contributed by atoms with Gasteiger partial charge in [-0.25, -0.2) is 4.79 Å². The van der Waals surface area contributed by atoms with Crippen molar-refractivity contribution in [2.24, 2.45) is 0 Å². The van der Waals surface area contributed by atoms with E-state index in [0.29, 0.717) is 23.2 Å². The summed E-state index contributed by atoms with van der Waals surface area (Å²) in [7, 11) is 0. The quantitative estimate of drug-likeness (QED) is 0.445. The number of amides is 1. The molecule has 0 aliphatic rings. The van der Waals surface area contributed by atoms with Crippen molar-refractivity contribution < 1.29 is 19.8 Å².